The highest BCUT2D eigenvalue weighted by Crippen LogP contribution is 2.27. The number of aliphatic hydroxyl groups is 1. The van der Waals surface area contributed by atoms with Gasteiger partial charge in [0.15, 0.2) is 0 Å². The predicted molar refractivity (Wildman–Crippen MR) is 165 cm³/mol. The molecule has 3 rings (SSSR count). The van der Waals surface area contributed by atoms with Gasteiger partial charge in [-0.1, -0.05) is 31.6 Å². The van der Waals surface area contributed by atoms with Crippen LogP contribution in [-0.4, -0.2) is 105 Å². The Balaban J connectivity index is 1.74. The lowest BCUT2D eigenvalue weighted by Gasteiger charge is -2.33. The van der Waals surface area contributed by atoms with E-state index < -0.39 is 24.2 Å². The maximum absolute atomic E-state index is 14.8. The van der Waals surface area contributed by atoms with Crippen LogP contribution in [0.15, 0.2) is 35.9 Å². The number of aliphatic hydroxyl groups excluding tert-OH is 1. The van der Waals surface area contributed by atoms with Gasteiger partial charge in [0.05, 0.1) is 19.3 Å². The smallest absolute Gasteiger partial charge is 0.410 e. The highest BCUT2D eigenvalue weighted by atomic mass is 19.1. The van der Waals surface area contributed by atoms with Gasteiger partial charge in [-0.25, -0.2) is 9.18 Å². The first-order valence-corrected chi connectivity index (χ1v) is 15.3. The summed E-state index contributed by atoms with van der Waals surface area (Å²) in [6, 6.07) is 5.02. The fraction of sp³-hybridized carbons (Fsp3) is 0.606. The van der Waals surface area contributed by atoms with Crippen molar-refractivity contribution in [1.29, 1.82) is 0 Å². The van der Waals surface area contributed by atoms with Crippen molar-refractivity contribution in [3.63, 3.8) is 0 Å². The number of hydrogen-bond acceptors (Lipinski definition) is 8. The summed E-state index contributed by atoms with van der Waals surface area (Å²) in [5.41, 5.74) is 2.06. The molecule has 2 heterocycles. The van der Waals surface area contributed by atoms with Crippen LogP contribution in [0.1, 0.15) is 45.6 Å². The van der Waals surface area contributed by atoms with Gasteiger partial charge in [0, 0.05) is 62.9 Å². The Morgan fingerprint density at radius 1 is 1.07 bits per heavy atom. The third-order valence-electron chi connectivity index (χ3n) is 8.46. The van der Waals surface area contributed by atoms with E-state index in [9.17, 15) is 23.9 Å². The van der Waals surface area contributed by atoms with E-state index in [0.717, 1.165) is 43.7 Å². The number of hydrogen-bond donors (Lipinski definition) is 1. The van der Waals surface area contributed by atoms with E-state index in [-0.39, 0.29) is 24.1 Å². The lowest BCUT2D eigenvalue weighted by Crippen LogP contribution is -2.48. The fourth-order valence-electron chi connectivity index (χ4n) is 5.43. The summed E-state index contributed by atoms with van der Waals surface area (Å²) in [6.07, 6.45) is 6.27. The molecule has 1 aromatic rings. The molecule has 1 aromatic carbocycles. The van der Waals surface area contributed by atoms with Crippen molar-refractivity contribution in [2.24, 2.45) is 17.8 Å². The number of halogens is 1. The second kappa shape index (κ2) is 17.3. The van der Waals surface area contributed by atoms with Crippen LogP contribution in [0.3, 0.4) is 0 Å². The summed E-state index contributed by atoms with van der Waals surface area (Å²) in [5.74, 6) is -1.26. The molecule has 10 heteroatoms. The lowest BCUT2D eigenvalue weighted by molar-refractivity contribution is -0.111. The molecule has 0 aromatic heterocycles. The van der Waals surface area contributed by atoms with Gasteiger partial charge in [0.2, 0.25) is 0 Å². The monoisotopic (exact) mass is 601 g/mol. The number of likely N-dealkylation sites (N-methyl/N-ethyl adjacent to an activating group) is 1. The zero-order valence-electron chi connectivity index (χ0n) is 26.0. The van der Waals surface area contributed by atoms with E-state index in [4.69, 9.17) is 9.47 Å². The summed E-state index contributed by atoms with van der Waals surface area (Å²) in [6.45, 7) is 11.1. The zero-order chi connectivity index (χ0) is 31.4. The van der Waals surface area contributed by atoms with E-state index in [1.54, 1.807) is 23.1 Å². The average molecular weight is 602 g/mol. The summed E-state index contributed by atoms with van der Waals surface area (Å²) in [5, 5.41) is 10.1. The first kappa shape index (κ1) is 34.4. The fourth-order valence-corrected chi connectivity index (χ4v) is 5.43. The molecule has 2 aliphatic heterocycles. The number of carbonyl (C=O) groups is 3. The van der Waals surface area contributed by atoms with Gasteiger partial charge < -0.3 is 38.9 Å². The molecule has 0 saturated carbocycles. The van der Waals surface area contributed by atoms with Gasteiger partial charge >= 0.3 is 6.09 Å². The molecular formula is C33H48FN3O6. The van der Waals surface area contributed by atoms with Crippen LogP contribution < -0.4 is 4.90 Å². The zero-order valence-corrected chi connectivity index (χ0v) is 26.0. The Bertz CT molecular complexity index is 1110. The molecule has 9 nitrogen and oxygen atoms in total. The number of allylic oxidation sites excluding steroid dienone is 2. The predicted octanol–water partition coefficient (Wildman–Crippen LogP) is 4.19. The number of nitrogens with zero attached hydrogens (tertiary/aromatic N) is 3. The molecule has 5 atom stereocenters. The lowest BCUT2D eigenvalue weighted by atomic mass is 9.86. The Kier molecular flexibility index (Phi) is 13.8. The van der Waals surface area contributed by atoms with Crippen LogP contribution in [-0.2, 0) is 19.1 Å². The third-order valence-corrected chi connectivity index (χ3v) is 8.46. The molecule has 2 aliphatic rings. The molecule has 238 valence electrons. The second-order valence-corrected chi connectivity index (χ2v) is 11.8. The summed E-state index contributed by atoms with van der Waals surface area (Å²) < 4.78 is 26.2. The van der Waals surface area contributed by atoms with Crippen molar-refractivity contribution >= 4 is 30.4 Å². The van der Waals surface area contributed by atoms with Gasteiger partial charge in [-0.15, -0.1) is 0 Å². The van der Waals surface area contributed by atoms with Crippen LogP contribution in [0.4, 0.5) is 14.9 Å². The topological polar surface area (TPSA) is 99.6 Å². The minimum Gasteiger partial charge on any atom is -0.442 e. The van der Waals surface area contributed by atoms with Gasteiger partial charge in [-0.3, -0.25) is 0 Å². The summed E-state index contributed by atoms with van der Waals surface area (Å²) in [7, 11) is 2.01. The van der Waals surface area contributed by atoms with Crippen LogP contribution in [0.5, 0.6) is 0 Å². The highest BCUT2D eigenvalue weighted by molar-refractivity contribution is 5.69. The van der Waals surface area contributed by atoms with Crippen LogP contribution in [0.25, 0.3) is 6.08 Å². The largest absolute Gasteiger partial charge is 0.442 e. The van der Waals surface area contributed by atoms with Crippen molar-refractivity contribution in [2.75, 3.05) is 64.4 Å². The Labute approximate surface area is 255 Å². The number of rotatable bonds is 14. The first-order chi connectivity index (χ1) is 20.6. The molecule has 0 aliphatic carbocycles. The minimum atomic E-state index is -0.744. The summed E-state index contributed by atoms with van der Waals surface area (Å²) in [4.78, 5) is 42.1. The van der Waals surface area contributed by atoms with Crippen molar-refractivity contribution in [2.45, 2.75) is 52.2 Å². The molecule has 2 fully saturated rings. The standard InChI is InChI=1S/C33H48FN3O6/c1-24(30(23-39)26(3)21-27-22-28(7-9-31(27)34)36-16-19-42-20-17-36)6-10-32(25(2)5-8-29(40)11-18-38)43-33(41)37-14-12-35(4)13-15-37/h6-7,9-10,18,21-25,29-30,32,40H,5,8,11-17,19-20H2,1-4H3/b10-6+,26-21+/t24-,25-,29+,30-,32-/m0/s1. The Morgan fingerprint density at radius 2 is 1.77 bits per heavy atom. The van der Waals surface area contributed by atoms with Crippen LogP contribution in [0, 0.1) is 23.6 Å². The van der Waals surface area contributed by atoms with E-state index in [1.807, 2.05) is 40.0 Å². The number of piperazine rings is 1. The van der Waals surface area contributed by atoms with Gasteiger partial charge in [-0.2, -0.15) is 0 Å². The molecule has 0 bridgehead atoms. The average Bonchev–Trinajstić information content (AvgIpc) is 3.00. The number of ether oxygens (including phenoxy) is 2. The number of anilines is 1. The van der Waals surface area contributed by atoms with Crippen molar-refractivity contribution in [3.05, 3.63) is 47.3 Å². The molecule has 0 spiro atoms. The van der Waals surface area contributed by atoms with Crippen molar-refractivity contribution in [1.82, 2.24) is 9.80 Å². The molecule has 0 radical (unpaired) electrons. The van der Waals surface area contributed by atoms with E-state index in [1.165, 1.54) is 6.07 Å². The molecule has 43 heavy (non-hydrogen) atoms. The number of amides is 1. The SMILES string of the molecule is C/C(=C\c1cc(N2CCOCC2)ccc1F)[C@@H](C=O)[C@@H](C)/C=C/[C@H](OC(=O)N1CCN(C)CC1)[C@@H](C)CC[C@@H](O)CC=O. The Hall–Kier alpha value is -3.08. The number of aldehydes is 2. The molecule has 1 amide bonds. The minimum absolute atomic E-state index is 0.0634. The maximum atomic E-state index is 14.8. The normalized spacial score (nSPS) is 20.4. The van der Waals surface area contributed by atoms with E-state index in [2.05, 4.69) is 9.80 Å². The van der Waals surface area contributed by atoms with E-state index >= 15 is 0 Å². The molecular weight excluding hydrogens is 553 g/mol. The second-order valence-electron chi connectivity index (χ2n) is 11.8. The third kappa shape index (κ3) is 10.5. The number of carbonyl (C=O) groups excluding carboxylic acids is 3. The quantitative estimate of drug-likeness (QED) is 0.250. The Morgan fingerprint density at radius 3 is 2.42 bits per heavy atom. The van der Waals surface area contributed by atoms with E-state index in [0.29, 0.717) is 51.0 Å². The maximum Gasteiger partial charge on any atom is 0.410 e. The van der Waals surface area contributed by atoms with Gasteiger partial charge in [0.1, 0.15) is 24.5 Å². The molecule has 1 N–H and O–H groups in total. The van der Waals surface area contributed by atoms with Crippen molar-refractivity contribution in [3.8, 4) is 0 Å². The molecule has 2 saturated heterocycles. The van der Waals surface area contributed by atoms with Crippen LogP contribution in [0.2, 0.25) is 0 Å². The number of benzene rings is 1. The van der Waals surface area contributed by atoms with Crippen molar-refractivity contribution < 1.29 is 33.4 Å². The highest BCUT2D eigenvalue weighted by Gasteiger charge is 2.26. The van der Waals surface area contributed by atoms with Crippen LogP contribution >= 0.6 is 0 Å². The first-order valence-electron chi connectivity index (χ1n) is 15.3. The van der Waals surface area contributed by atoms with Gasteiger partial charge in [-0.05, 0) is 62.9 Å². The summed E-state index contributed by atoms with van der Waals surface area (Å²) >= 11 is 0. The molecule has 0 unspecified atom stereocenters. The number of morpholine rings is 1. The van der Waals surface area contributed by atoms with Gasteiger partial charge in [0.25, 0.3) is 0 Å².